The lowest BCUT2D eigenvalue weighted by atomic mass is 10.2. The summed E-state index contributed by atoms with van der Waals surface area (Å²) in [6, 6.07) is 10.3. The normalized spacial score (nSPS) is 17.2. The van der Waals surface area contributed by atoms with Crippen molar-refractivity contribution in [1.82, 2.24) is 9.47 Å². The second-order valence-corrected chi connectivity index (χ2v) is 5.27. The molecule has 1 aromatic heterocycles. The summed E-state index contributed by atoms with van der Waals surface area (Å²) in [6.07, 6.45) is 1.50. The van der Waals surface area contributed by atoms with Gasteiger partial charge in [0.05, 0.1) is 18.9 Å². The van der Waals surface area contributed by atoms with E-state index >= 15 is 0 Å². The van der Waals surface area contributed by atoms with Crippen LogP contribution in [0.4, 0.5) is 0 Å². The van der Waals surface area contributed by atoms with Crippen LogP contribution in [0.2, 0.25) is 0 Å². The first-order valence-corrected chi connectivity index (χ1v) is 7.34. The Labute approximate surface area is 129 Å². The van der Waals surface area contributed by atoms with Gasteiger partial charge in [-0.05, 0) is 12.1 Å². The van der Waals surface area contributed by atoms with Crippen molar-refractivity contribution < 1.29 is 4.74 Å². The fraction of sp³-hybridized carbons (Fsp3) is 0.312. The van der Waals surface area contributed by atoms with E-state index in [4.69, 9.17) is 16.2 Å². The fourth-order valence-electron chi connectivity index (χ4n) is 2.70. The van der Waals surface area contributed by atoms with Crippen molar-refractivity contribution in [3.63, 3.8) is 0 Å². The molecule has 6 nitrogen and oxygen atoms in total. The molecule has 4 N–H and O–H groups in total. The Hall–Kier alpha value is -2.47. The molecule has 116 valence electrons. The number of aliphatic imine (C=N–C) groups is 1. The average molecular weight is 299 g/mol. The Bertz CT molecular complexity index is 725. The summed E-state index contributed by atoms with van der Waals surface area (Å²) < 4.78 is 7.40. The molecule has 0 unspecified atom stereocenters. The molecule has 1 aliphatic rings. The second kappa shape index (κ2) is 6.11. The quantitative estimate of drug-likeness (QED) is 0.642. The molecule has 0 spiro atoms. The van der Waals surface area contributed by atoms with Gasteiger partial charge in [0.15, 0.2) is 5.96 Å². The minimum atomic E-state index is 0.477. The number of fused-ring (bicyclic) bond motifs is 1. The van der Waals surface area contributed by atoms with Gasteiger partial charge in [-0.1, -0.05) is 18.2 Å². The molecule has 6 heteroatoms. The molecular weight excluding hydrogens is 278 g/mol. The molecule has 0 amide bonds. The lowest BCUT2D eigenvalue weighted by Crippen LogP contribution is -2.44. The van der Waals surface area contributed by atoms with Crippen LogP contribution in [0.15, 0.2) is 41.5 Å². The van der Waals surface area contributed by atoms with Crippen molar-refractivity contribution >= 4 is 22.6 Å². The number of rotatable bonds is 2. The summed E-state index contributed by atoms with van der Waals surface area (Å²) in [4.78, 5) is 6.53. The monoisotopic (exact) mass is 299 g/mol. The zero-order valence-electron chi connectivity index (χ0n) is 12.7. The largest absolute Gasteiger partial charge is 0.403 e. The van der Waals surface area contributed by atoms with Gasteiger partial charge in [0, 0.05) is 37.2 Å². The molecule has 1 saturated heterocycles. The predicted molar refractivity (Wildman–Crippen MR) is 89.1 cm³/mol. The Morgan fingerprint density at radius 2 is 2.00 bits per heavy atom. The zero-order chi connectivity index (χ0) is 15.5. The summed E-state index contributed by atoms with van der Waals surface area (Å²) in [5.41, 5.74) is 14.7. The van der Waals surface area contributed by atoms with Crippen LogP contribution in [0.1, 0.15) is 5.69 Å². The van der Waals surface area contributed by atoms with Crippen molar-refractivity contribution in [2.45, 2.75) is 0 Å². The van der Waals surface area contributed by atoms with E-state index in [-0.39, 0.29) is 0 Å². The molecule has 1 fully saturated rings. The Morgan fingerprint density at radius 1 is 1.27 bits per heavy atom. The fourth-order valence-corrected chi connectivity index (χ4v) is 2.70. The standard InChI is InChI=1S/C16H21N5O/c1-20-14-5-3-2-4-12(14)10-15(20)13(11-17)19-16(18)21-6-8-22-9-7-21/h2-5,10-11H,6-9,17H2,1H3,(H2,18,19)/b13-11-. The van der Waals surface area contributed by atoms with Crippen molar-refractivity contribution in [2.75, 3.05) is 26.3 Å². The molecule has 2 heterocycles. The van der Waals surface area contributed by atoms with Crippen LogP contribution in [0, 0.1) is 0 Å². The summed E-state index contributed by atoms with van der Waals surface area (Å²) in [7, 11) is 2.00. The maximum absolute atomic E-state index is 6.12. The van der Waals surface area contributed by atoms with E-state index in [2.05, 4.69) is 27.8 Å². The van der Waals surface area contributed by atoms with Crippen LogP contribution in [-0.2, 0) is 11.8 Å². The lowest BCUT2D eigenvalue weighted by Gasteiger charge is -2.27. The summed E-state index contributed by atoms with van der Waals surface area (Å²) >= 11 is 0. The molecular formula is C16H21N5O. The lowest BCUT2D eigenvalue weighted by molar-refractivity contribution is 0.0676. The van der Waals surface area contributed by atoms with Crippen molar-refractivity contribution in [3.05, 3.63) is 42.2 Å². The topological polar surface area (TPSA) is 81.8 Å². The van der Waals surface area contributed by atoms with Gasteiger partial charge >= 0.3 is 0 Å². The van der Waals surface area contributed by atoms with Crippen LogP contribution in [0.3, 0.4) is 0 Å². The van der Waals surface area contributed by atoms with Gasteiger partial charge in [0.2, 0.25) is 0 Å². The molecule has 1 aliphatic heterocycles. The third kappa shape index (κ3) is 2.65. The van der Waals surface area contributed by atoms with Crippen LogP contribution < -0.4 is 11.5 Å². The van der Waals surface area contributed by atoms with Crippen molar-refractivity contribution in [2.24, 2.45) is 23.5 Å². The molecule has 0 saturated carbocycles. The predicted octanol–water partition coefficient (Wildman–Crippen LogP) is 1.08. The summed E-state index contributed by atoms with van der Waals surface area (Å²) in [5.74, 6) is 0.477. The number of ether oxygens (including phenoxy) is 1. The van der Waals surface area contributed by atoms with E-state index in [1.807, 2.05) is 24.1 Å². The van der Waals surface area contributed by atoms with Crippen LogP contribution >= 0.6 is 0 Å². The highest BCUT2D eigenvalue weighted by Gasteiger charge is 2.15. The number of para-hydroxylation sites is 1. The Morgan fingerprint density at radius 3 is 2.68 bits per heavy atom. The third-order valence-electron chi connectivity index (χ3n) is 3.94. The first-order chi connectivity index (χ1) is 10.7. The van der Waals surface area contributed by atoms with Crippen molar-refractivity contribution in [1.29, 1.82) is 0 Å². The van der Waals surface area contributed by atoms with Gasteiger partial charge in [0.25, 0.3) is 0 Å². The number of nitrogens with zero attached hydrogens (tertiary/aromatic N) is 3. The SMILES string of the molecule is Cn1c(/C(=C/N)N=C(N)N2CCOCC2)cc2ccccc21. The zero-order valence-corrected chi connectivity index (χ0v) is 12.7. The number of benzene rings is 1. The average Bonchev–Trinajstić information content (AvgIpc) is 2.90. The molecule has 0 radical (unpaired) electrons. The van der Waals surface area contributed by atoms with E-state index in [0.29, 0.717) is 24.9 Å². The van der Waals surface area contributed by atoms with E-state index in [0.717, 1.165) is 29.7 Å². The number of hydrogen-bond donors (Lipinski definition) is 2. The molecule has 1 aromatic carbocycles. The Balaban J connectivity index is 1.94. The molecule has 0 bridgehead atoms. The summed E-state index contributed by atoms with van der Waals surface area (Å²) in [6.45, 7) is 2.85. The van der Waals surface area contributed by atoms with Crippen molar-refractivity contribution in [3.8, 4) is 0 Å². The highest BCUT2D eigenvalue weighted by Crippen LogP contribution is 2.24. The number of aryl methyl sites for hydroxylation is 1. The van der Waals surface area contributed by atoms with Gasteiger partial charge in [-0.15, -0.1) is 0 Å². The molecule has 22 heavy (non-hydrogen) atoms. The number of guanidine groups is 1. The van der Waals surface area contributed by atoms with Crippen LogP contribution in [-0.4, -0.2) is 41.7 Å². The minimum Gasteiger partial charge on any atom is -0.403 e. The van der Waals surface area contributed by atoms with E-state index in [1.165, 1.54) is 6.20 Å². The minimum absolute atomic E-state index is 0.477. The number of hydrogen-bond acceptors (Lipinski definition) is 3. The van der Waals surface area contributed by atoms with E-state index < -0.39 is 0 Å². The van der Waals surface area contributed by atoms with E-state index in [1.54, 1.807) is 0 Å². The highest BCUT2D eigenvalue weighted by molar-refractivity contribution is 5.89. The molecule has 0 atom stereocenters. The smallest absolute Gasteiger partial charge is 0.196 e. The second-order valence-electron chi connectivity index (χ2n) is 5.27. The van der Waals surface area contributed by atoms with Crippen LogP contribution in [0.25, 0.3) is 16.6 Å². The van der Waals surface area contributed by atoms with Gasteiger partial charge in [-0.25, -0.2) is 4.99 Å². The first kappa shape index (κ1) is 14.5. The Kier molecular flexibility index (Phi) is 4.02. The van der Waals surface area contributed by atoms with Gasteiger partial charge < -0.3 is 25.7 Å². The van der Waals surface area contributed by atoms with Gasteiger partial charge in [-0.2, -0.15) is 0 Å². The molecule has 2 aromatic rings. The van der Waals surface area contributed by atoms with E-state index in [9.17, 15) is 0 Å². The maximum Gasteiger partial charge on any atom is 0.196 e. The maximum atomic E-state index is 6.12. The number of aromatic nitrogens is 1. The van der Waals surface area contributed by atoms with Gasteiger partial charge in [0.1, 0.15) is 5.70 Å². The van der Waals surface area contributed by atoms with Gasteiger partial charge in [-0.3, -0.25) is 0 Å². The highest BCUT2D eigenvalue weighted by atomic mass is 16.5. The number of nitrogens with two attached hydrogens (primary N) is 2. The summed E-state index contributed by atoms with van der Waals surface area (Å²) in [5, 5.41) is 1.15. The number of morpholine rings is 1. The third-order valence-corrected chi connectivity index (χ3v) is 3.94. The first-order valence-electron chi connectivity index (χ1n) is 7.34. The molecule has 3 rings (SSSR count). The molecule has 0 aliphatic carbocycles. The van der Waals surface area contributed by atoms with Crippen LogP contribution in [0.5, 0.6) is 0 Å².